The highest BCUT2D eigenvalue weighted by Gasteiger charge is 2.48. The summed E-state index contributed by atoms with van der Waals surface area (Å²) in [6.45, 7) is 2.75. The molecular formula is C21H21NO5. The van der Waals surface area contributed by atoms with E-state index < -0.39 is 17.7 Å². The zero-order valence-corrected chi connectivity index (χ0v) is 15.1. The normalized spacial score (nSPS) is 24.7. The van der Waals surface area contributed by atoms with Gasteiger partial charge in [0.1, 0.15) is 23.3 Å². The number of aryl methyl sites for hydroxylation is 1. The van der Waals surface area contributed by atoms with Crippen LogP contribution in [0.25, 0.3) is 5.76 Å². The van der Waals surface area contributed by atoms with Gasteiger partial charge < -0.3 is 19.2 Å². The van der Waals surface area contributed by atoms with Crippen LogP contribution < -0.4 is 0 Å². The molecule has 2 unspecified atom stereocenters. The van der Waals surface area contributed by atoms with Gasteiger partial charge in [0.05, 0.1) is 11.7 Å². The number of hydrogen-bond donors (Lipinski definition) is 1. The van der Waals surface area contributed by atoms with Crippen molar-refractivity contribution in [3.8, 4) is 0 Å². The van der Waals surface area contributed by atoms with Gasteiger partial charge in [-0.05, 0) is 31.9 Å². The molecule has 2 saturated heterocycles. The predicted molar refractivity (Wildman–Crippen MR) is 97.9 cm³/mol. The molecule has 0 aliphatic carbocycles. The van der Waals surface area contributed by atoms with Gasteiger partial charge in [-0.3, -0.25) is 9.59 Å². The van der Waals surface area contributed by atoms with Crippen LogP contribution in [0, 0.1) is 6.92 Å². The number of furan rings is 1. The van der Waals surface area contributed by atoms with Gasteiger partial charge in [-0.1, -0.05) is 30.3 Å². The number of aliphatic hydroxyl groups excluding tert-OH is 1. The molecule has 0 spiro atoms. The van der Waals surface area contributed by atoms with E-state index >= 15 is 0 Å². The zero-order chi connectivity index (χ0) is 19.0. The highest BCUT2D eigenvalue weighted by atomic mass is 16.5. The van der Waals surface area contributed by atoms with Crippen LogP contribution in [0.4, 0.5) is 0 Å². The van der Waals surface area contributed by atoms with Crippen LogP contribution >= 0.6 is 0 Å². The number of ether oxygens (including phenoxy) is 1. The van der Waals surface area contributed by atoms with Crippen molar-refractivity contribution >= 4 is 17.4 Å². The second kappa shape index (κ2) is 7.04. The van der Waals surface area contributed by atoms with Crippen LogP contribution in [0.5, 0.6) is 0 Å². The van der Waals surface area contributed by atoms with E-state index in [4.69, 9.17) is 9.15 Å². The predicted octanol–water partition coefficient (Wildman–Crippen LogP) is 3.19. The van der Waals surface area contributed by atoms with Gasteiger partial charge >= 0.3 is 0 Å². The molecule has 0 saturated carbocycles. The number of carbonyl (C=O) groups is 2. The molecule has 2 aromatic rings. The van der Waals surface area contributed by atoms with Crippen molar-refractivity contribution < 1.29 is 23.8 Å². The molecule has 4 rings (SSSR count). The van der Waals surface area contributed by atoms with E-state index in [2.05, 4.69) is 0 Å². The van der Waals surface area contributed by atoms with Crippen LogP contribution in [-0.4, -0.2) is 41.0 Å². The third kappa shape index (κ3) is 3.17. The minimum Gasteiger partial charge on any atom is -0.507 e. The molecule has 2 aliphatic rings. The Balaban J connectivity index is 1.80. The van der Waals surface area contributed by atoms with E-state index in [1.54, 1.807) is 43.3 Å². The Hall–Kier alpha value is -2.86. The fourth-order valence-electron chi connectivity index (χ4n) is 3.72. The third-order valence-corrected chi connectivity index (χ3v) is 5.04. The van der Waals surface area contributed by atoms with Crippen molar-refractivity contribution in [2.45, 2.75) is 31.9 Å². The number of aliphatic hydroxyl groups is 1. The Bertz CT molecular complexity index is 892. The second-order valence-corrected chi connectivity index (χ2v) is 6.90. The summed E-state index contributed by atoms with van der Waals surface area (Å²) in [6.07, 6.45) is 1.66. The fraction of sp³-hybridized carbons (Fsp3) is 0.333. The average molecular weight is 367 g/mol. The Labute approximate surface area is 157 Å². The van der Waals surface area contributed by atoms with Gasteiger partial charge in [0, 0.05) is 18.7 Å². The SMILES string of the molecule is Cc1ccc(C2/C(=C(/O)c3ccccc3)C(=O)C(=O)N2CC2CCCO2)o1. The van der Waals surface area contributed by atoms with Gasteiger partial charge in [0.2, 0.25) is 0 Å². The summed E-state index contributed by atoms with van der Waals surface area (Å²) in [5.74, 6) is -0.395. The van der Waals surface area contributed by atoms with Crippen molar-refractivity contribution in [3.63, 3.8) is 0 Å². The zero-order valence-electron chi connectivity index (χ0n) is 15.1. The Morgan fingerprint density at radius 3 is 2.59 bits per heavy atom. The number of hydrogen-bond acceptors (Lipinski definition) is 5. The van der Waals surface area contributed by atoms with E-state index in [-0.39, 0.29) is 17.4 Å². The molecule has 0 radical (unpaired) electrons. The largest absolute Gasteiger partial charge is 0.507 e. The van der Waals surface area contributed by atoms with E-state index in [0.29, 0.717) is 30.2 Å². The van der Waals surface area contributed by atoms with Crippen LogP contribution in [-0.2, 0) is 14.3 Å². The maximum atomic E-state index is 12.8. The Kier molecular flexibility index (Phi) is 4.58. The third-order valence-electron chi connectivity index (χ3n) is 5.04. The lowest BCUT2D eigenvalue weighted by Crippen LogP contribution is -2.36. The summed E-state index contributed by atoms with van der Waals surface area (Å²) < 4.78 is 11.4. The first-order chi connectivity index (χ1) is 13.1. The quantitative estimate of drug-likeness (QED) is 0.510. The molecule has 2 atom stereocenters. The van der Waals surface area contributed by atoms with Gasteiger partial charge in [-0.15, -0.1) is 0 Å². The van der Waals surface area contributed by atoms with Crippen molar-refractivity contribution in [1.82, 2.24) is 4.90 Å². The van der Waals surface area contributed by atoms with E-state index in [1.165, 1.54) is 4.90 Å². The molecule has 1 amide bonds. The molecule has 6 nitrogen and oxygen atoms in total. The number of Topliss-reactive ketones (excluding diaryl/α,β-unsaturated/α-hetero) is 1. The number of benzene rings is 1. The highest BCUT2D eigenvalue weighted by Crippen LogP contribution is 2.40. The summed E-state index contributed by atoms with van der Waals surface area (Å²) >= 11 is 0. The molecule has 27 heavy (non-hydrogen) atoms. The molecular weight excluding hydrogens is 346 g/mol. The lowest BCUT2D eigenvalue weighted by Gasteiger charge is -2.25. The molecule has 140 valence electrons. The Morgan fingerprint density at radius 2 is 1.96 bits per heavy atom. The maximum absolute atomic E-state index is 12.8. The molecule has 1 aromatic heterocycles. The molecule has 0 bridgehead atoms. The molecule has 1 N–H and O–H groups in total. The van der Waals surface area contributed by atoms with Crippen molar-refractivity contribution in [1.29, 1.82) is 0 Å². The van der Waals surface area contributed by atoms with E-state index in [1.807, 2.05) is 6.07 Å². The minimum absolute atomic E-state index is 0.0542. The smallest absolute Gasteiger partial charge is 0.295 e. The molecule has 2 aliphatic heterocycles. The monoisotopic (exact) mass is 367 g/mol. The van der Waals surface area contributed by atoms with Crippen molar-refractivity contribution in [2.75, 3.05) is 13.2 Å². The van der Waals surface area contributed by atoms with E-state index in [9.17, 15) is 14.7 Å². The molecule has 2 fully saturated rings. The first kappa shape index (κ1) is 17.5. The second-order valence-electron chi connectivity index (χ2n) is 6.90. The fourth-order valence-corrected chi connectivity index (χ4v) is 3.72. The van der Waals surface area contributed by atoms with E-state index in [0.717, 1.165) is 12.8 Å². The van der Waals surface area contributed by atoms with Gasteiger partial charge in [-0.25, -0.2) is 0 Å². The van der Waals surface area contributed by atoms with Crippen LogP contribution in [0.3, 0.4) is 0 Å². The molecule has 1 aromatic carbocycles. The van der Waals surface area contributed by atoms with Gasteiger partial charge in [0.15, 0.2) is 0 Å². The minimum atomic E-state index is -0.761. The molecule has 3 heterocycles. The van der Waals surface area contributed by atoms with Crippen LogP contribution in [0.2, 0.25) is 0 Å². The van der Waals surface area contributed by atoms with Crippen molar-refractivity contribution in [2.24, 2.45) is 0 Å². The standard InChI is InChI=1S/C21H21NO5/c1-13-9-10-16(27-13)18-17(19(23)14-6-3-2-4-7-14)20(24)21(25)22(18)12-15-8-5-11-26-15/h2-4,6-7,9-10,15,18,23H,5,8,11-12H2,1H3/b19-17-. The van der Waals surface area contributed by atoms with Crippen molar-refractivity contribution in [3.05, 3.63) is 65.1 Å². The topological polar surface area (TPSA) is 80.0 Å². The lowest BCUT2D eigenvalue weighted by molar-refractivity contribution is -0.141. The summed E-state index contributed by atoms with van der Waals surface area (Å²) in [7, 11) is 0. The number of rotatable bonds is 4. The summed E-state index contributed by atoms with van der Waals surface area (Å²) in [6, 6.07) is 11.5. The summed E-state index contributed by atoms with van der Waals surface area (Å²) in [4.78, 5) is 27.0. The number of amides is 1. The Morgan fingerprint density at radius 1 is 1.19 bits per heavy atom. The highest BCUT2D eigenvalue weighted by molar-refractivity contribution is 6.46. The number of carbonyl (C=O) groups excluding carboxylic acids is 2. The number of nitrogens with zero attached hydrogens (tertiary/aromatic N) is 1. The van der Waals surface area contributed by atoms with Gasteiger partial charge in [-0.2, -0.15) is 0 Å². The molecule has 6 heteroatoms. The maximum Gasteiger partial charge on any atom is 0.295 e. The average Bonchev–Trinajstić information content (AvgIpc) is 3.39. The summed E-state index contributed by atoms with van der Waals surface area (Å²) in [5.41, 5.74) is 0.541. The first-order valence-corrected chi connectivity index (χ1v) is 9.08. The lowest BCUT2D eigenvalue weighted by atomic mass is 9.99. The van der Waals surface area contributed by atoms with Crippen LogP contribution in [0.15, 0.2) is 52.5 Å². The number of likely N-dealkylation sites (tertiary alicyclic amines) is 1. The van der Waals surface area contributed by atoms with Gasteiger partial charge in [0.25, 0.3) is 11.7 Å². The first-order valence-electron chi connectivity index (χ1n) is 9.08. The summed E-state index contributed by atoms with van der Waals surface area (Å²) in [5, 5.41) is 10.8. The van der Waals surface area contributed by atoms with Crippen LogP contribution in [0.1, 0.15) is 36.0 Å². The number of ketones is 1.